The van der Waals surface area contributed by atoms with E-state index in [1.54, 1.807) is 41.4 Å². The quantitative estimate of drug-likeness (QED) is 0.0968. The maximum atomic E-state index is 5.71. The molecule has 0 fully saturated rings. The van der Waals surface area contributed by atoms with Crippen LogP contribution in [0.15, 0.2) is 81.2 Å². The maximum Gasteiger partial charge on any atom is 0.110 e. The molecule has 36 heavy (non-hydrogen) atoms. The first-order valence-corrected chi connectivity index (χ1v) is 18.3. The van der Waals surface area contributed by atoms with E-state index in [9.17, 15) is 0 Å². The van der Waals surface area contributed by atoms with E-state index in [-0.39, 0.29) is 0 Å². The lowest BCUT2D eigenvalue weighted by Crippen LogP contribution is -1.95. The molecule has 0 saturated carbocycles. The molecule has 2 aromatic heterocycles. The minimum Gasteiger partial charge on any atom is -0.109 e. The Bertz CT molecular complexity index is 1470. The van der Waals surface area contributed by atoms with Crippen LogP contribution in [0.3, 0.4) is 0 Å². The molecule has 0 unspecified atom stereocenters. The van der Waals surface area contributed by atoms with Crippen LogP contribution in [0.5, 0.6) is 0 Å². The van der Waals surface area contributed by atoms with Gasteiger partial charge in [0.2, 0.25) is 0 Å². The Morgan fingerprint density at radius 3 is 1.36 bits per heavy atom. The van der Waals surface area contributed by atoms with Gasteiger partial charge in [0.05, 0.1) is 8.42 Å². The summed E-state index contributed by atoms with van der Waals surface area (Å²) in [6, 6.07) is 25.8. The van der Waals surface area contributed by atoms with Crippen LogP contribution >= 0.6 is 89.3 Å². The molecule has 0 N–H and O–H groups in total. The van der Waals surface area contributed by atoms with Gasteiger partial charge in [0.15, 0.2) is 0 Å². The van der Waals surface area contributed by atoms with Gasteiger partial charge in [-0.15, -0.1) is 23.5 Å². The van der Waals surface area contributed by atoms with Crippen LogP contribution in [0.1, 0.15) is 22.3 Å². The lowest BCUT2D eigenvalue weighted by molar-refractivity contribution is 1.21. The number of hydrogen-bond donors (Lipinski definition) is 0. The molecular formula is C28H22S8. The van der Waals surface area contributed by atoms with Gasteiger partial charge in [-0.05, 0) is 47.2 Å². The first-order valence-electron chi connectivity index (χ1n) is 11.2. The highest BCUT2D eigenvalue weighted by Crippen LogP contribution is 2.44. The molecular weight excluding hydrogens is 593 g/mol. The van der Waals surface area contributed by atoms with E-state index in [2.05, 4.69) is 86.6 Å². The molecule has 0 aliphatic carbocycles. The van der Waals surface area contributed by atoms with Gasteiger partial charge < -0.3 is 0 Å². The summed E-state index contributed by atoms with van der Waals surface area (Å²) in [5, 5.41) is 0. The third-order valence-electron chi connectivity index (χ3n) is 5.86. The van der Waals surface area contributed by atoms with Crippen molar-refractivity contribution in [1.82, 2.24) is 0 Å². The number of thioether (sulfide) groups is 2. The molecule has 0 spiro atoms. The van der Waals surface area contributed by atoms with E-state index >= 15 is 0 Å². The van der Waals surface area contributed by atoms with Crippen molar-refractivity contribution in [3.63, 3.8) is 0 Å². The lowest BCUT2D eigenvalue weighted by atomic mass is 10.0. The minimum absolute atomic E-state index is 0.934. The van der Waals surface area contributed by atoms with Crippen LogP contribution in [-0.2, 0) is 11.5 Å². The van der Waals surface area contributed by atoms with Gasteiger partial charge in [-0.25, -0.2) is 0 Å². The van der Waals surface area contributed by atoms with E-state index in [1.165, 1.54) is 52.9 Å². The summed E-state index contributed by atoms with van der Waals surface area (Å²) in [4.78, 5) is 0. The molecule has 8 heteroatoms. The molecule has 0 amide bonds. The lowest BCUT2D eigenvalue weighted by Gasteiger charge is -2.13. The number of hydrogen-bond acceptors (Lipinski definition) is 8. The van der Waals surface area contributed by atoms with Crippen molar-refractivity contribution in [1.29, 1.82) is 0 Å². The third kappa shape index (κ3) is 5.97. The first kappa shape index (κ1) is 26.5. The van der Waals surface area contributed by atoms with Gasteiger partial charge in [-0.3, -0.25) is 0 Å². The molecule has 0 saturated heterocycles. The largest absolute Gasteiger partial charge is 0.110 e. The zero-order chi connectivity index (χ0) is 25.1. The summed E-state index contributed by atoms with van der Waals surface area (Å²) < 4.78 is 4.60. The second-order valence-corrected chi connectivity index (χ2v) is 16.4. The monoisotopic (exact) mass is 614 g/mol. The van der Waals surface area contributed by atoms with E-state index in [0.29, 0.717) is 0 Å². The topological polar surface area (TPSA) is 0 Å². The molecule has 5 aromatic rings. The molecule has 0 radical (unpaired) electrons. The zero-order valence-corrected chi connectivity index (χ0v) is 26.1. The van der Waals surface area contributed by atoms with E-state index in [0.717, 1.165) is 19.2 Å². The smallest absolute Gasteiger partial charge is 0.109 e. The summed E-state index contributed by atoms with van der Waals surface area (Å²) in [7, 11) is 7.01. The second kappa shape index (κ2) is 12.2. The first-order chi connectivity index (χ1) is 17.5. The molecule has 5 rings (SSSR count). The standard InChI is InChI=1S/C28H22S8/c1-17-13-21(15-31-27-23(25(29)33-35-27)19-9-5-3-6-10-19)22(14-18(17)2)16-32-28-24(26(30)34-36-28)20-11-7-4-8-12-20/h3-14H,15-16H2,1-2H3. The Balaban J connectivity index is 1.40. The van der Waals surface area contributed by atoms with Gasteiger partial charge in [-0.2, -0.15) is 0 Å². The molecule has 0 bridgehead atoms. The van der Waals surface area contributed by atoms with Crippen LogP contribution in [0.4, 0.5) is 0 Å². The van der Waals surface area contributed by atoms with Crippen molar-refractivity contribution in [2.24, 2.45) is 0 Å². The Morgan fingerprint density at radius 1 is 0.583 bits per heavy atom. The van der Waals surface area contributed by atoms with Crippen molar-refractivity contribution in [3.05, 3.63) is 103 Å². The average Bonchev–Trinajstić information content (AvgIpc) is 3.46. The average molecular weight is 615 g/mol. The summed E-state index contributed by atoms with van der Waals surface area (Å²) in [6.07, 6.45) is 0. The summed E-state index contributed by atoms with van der Waals surface area (Å²) >= 11 is 15.2. The number of aryl methyl sites for hydroxylation is 2. The fraction of sp³-hybridized carbons (Fsp3) is 0.143. The summed E-state index contributed by atoms with van der Waals surface area (Å²) in [5.41, 5.74) is 10.4. The van der Waals surface area contributed by atoms with Crippen molar-refractivity contribution in [3.8, 4) is 22.3 Å². The molecule has 0 nitrogen and oxygen atoms in total. The van der Waals surface area contributed by atoms with Crippen LogP contribution in [-0.4, -0.2) is 0 Å². The summed E-state index contributed by atoms with van der Waals surface area (Å²) in [6.45, 7) is 4.42. The highest BCUT2D eigenvalue weighted by molar-refractivity contribution is 8.03. The number of rotatable bonds is 8. The van der Waals surface area contributed by atoms with Crippen molar-refractivity contribution in [2.75, 3.05) is 0 Å². The van der Waals surface area contributed by atoms with Gasteiger partial charge in [0.25, 0.3) is 0 Å². The van der Waals surface area contributed by atoms with Crippen molar-refractivity contribution < 1.29 is 0 Å². The Hall–Kier alpha value is -1.10. The highest BCUT2D eigenvalue weighted by atomic mass is 32.9. The van der Waals surface area contributed by atoms with Crippen LogP contribution in [0.2, 0.25) is 0 Å². The van der Waals surface area contributed by atoms with Crippen LogP contribution in [0.25, 0.3) is 22.3 Å². The summed E-state index contributed by atoms with van der Waals surface area (Å²) in [5.74, 6) is 1.87. The fourth-order valence-electron chi connectivity index (χ4n) is 3.85. The van der Waals surface area contributed by atoms with E-state index < -0.39 is 0 Å². The van der Waals surface area contributed by atoms with Crippen molar-refractivity contribution in [2.45, 2.75) is 33.8 Å². The molecule has 0 aliphatic rings. The van der Waals surface area contributed by atoms with Crippen molar-refractivity contribution >= 4 is 89.3 Å². The Morgan fingerprint density at radius 2 is 0.972 bits per heavy atom. The minimum atomic E-state index is 0.934. The zero-order valence-electron chi connectivity index (χ0n) is 19.6. The predicted molar refractivity (Wildman–Crippen MR) is 172 cm³/mol. The Labute approximate surface area is 245 Å². The van der Waals surface area contributed by atoms with Gasteiger partial charge in [-0.1, -0.05) is 139 Å². The van der Waals surface area contributed by atoms with Crippen LogP contribution in [0, 0.1) is 21.5 Å². The van der Waals surface area contributed by atoms with E-state index in [1.807, 2.05) is 23.5 Å². The van der Waals surface area contributed by atoms with Gasteiger partial charge >= 0.3 is 0 Å². The second-order valence-electron chi connectivity index (χ2n) is 8.25. The fourth-order valence-corrected chi connectivity index (χ4v) is 12.9. The normalized spacial score (nSPS) is 11.2. The van der Waals surface area contributed by atoms with Gasteiger partial charge in [0.1, 0.15) is 7.65 Å². The molecule has 3 aromatic carbocycles. The maximum absolute atomic E-state index is 5.71. The highest BCUT2D eigenvalue weighted by Gasteiger charge is 2.16. The van der Waals surface area contributed by atoms with Crippen LogP contribution < -0.4 is 0 Å². The van der Waals surface area contributed by atoms with Gasteiger partial charge in [0, 0.05) is 22.6 Å². The molecule has 0 atom stereocenters. The third-order valence-corrected chi connectivity index (χ3v) is 15.2. The number of benzene rings is 3. The molecule has 182 valence electrons. The molecule has 0 aliphatic heterocycles. The predicted octanol–water partition coefficient (Wildman–Crippen LogP) is 11.9. The SMILES string of the molecule is Cc1cc(CSc2ssc(=S)c2-c2ccccc2)c(CSc2ssc(=S)c2-c2ccccc2)cc1C. The van der Waals surface area contributed by atoms with E-state index in [4.69, 9.17) is 24.4 Å². The Kier molecular flexibility index (Phi) is 8.96. The molecule has 2 heterocycles.